The first-order chi connectivity index (χ1) is 11.6. The van der Waals surface area contributed by atoms with Gasteiger partial charge >= 0.3 is 131 Å². The Kier molecular flexibility index (Phi) is 25.2. The van der Waals surface area contributed by atoms with Crippen LogP contribution in [-0.2, 0) is 4.79 Å². The van der Waals surface area contributed by atoms with Gasteiger partial charge in [-0.05, 0) is 6.08 Å². The normalized spacial score (nSPS) is 9.96. The molecule has 142 valence electrons. The third-order valence-electron chi connectivity index (χ3n) is 4.32. The topological polar surface area (TPSA) is 40.1 Å². The number of carbonyl (C=O) groups is 1. The number of hydrogen-bond acceptors (Lipinski definition) is 2. The fraction of sp³-hybridized carbons (Fsp3) is 0.857. The summed E-state index contributed by atoms with van der Waals surface area (Å²) >= 11 is -0.948. The van der Waals surface area contributed by atoms with Crippen molar-refractivity contribution in [2.45, 2.75) is 111 Å². The van der Waals surface area contributed by atoms with Crippen LogP contribution in [0.15, 0.2) is 12.7 Å². The summed E-state index contributed by atoms with van der Waals surface area (Å²) in [5.74, 6) is -1.23. The summed E-state index contributed by atoms with van der Waals surface area (Å²) in [6.07, 6.45) is 18.6. The third-order valence-corrected chi connectivity index (χ3v) is 13.4. The van der Waals surface area contributed by atoms with Crippen molar-refractivity contribution < 1.29 is 9.90 Å². The van der Waals surface area contributed by atoms with E-state index < -0.39 is 25.7 Å². The molecular formula is C21H42O2Sn. The number of carbonyl (C=O) groups excluding carboxylic acids is 1. The van der Waals surface area contributed by atoms with Crippen molar-refractivity contribution in [3.8, 4) is 0 Å². The zero-order chi connectivity index (χ0) is 18.5. The Morgan fingerprint density at radius 3 is 1.25 bits per heavy atom. The van der Waals surface area contributed by atoms with Crippen LogP contribution in [0.3, 0.4) is 0 Å². The molecule has 0 saturated heterocycles. The van der Waals surface area contributed by atoms with Gasteiger partial charge in [0.25, 0.3) is 0 Å². The SMILES string of the molecule is C=CC(=O)[O-].CCCCC[CH2][Sn+]([CH2]CCCCC)[CH2]CCCCC. The van der Waals surface area contributed by atoms with Gasteiger partial charge in [-0.2, -0.15) is 0 Å². The number of carboxylic acid groups (broad SMARTS) is 1. The molecule has 0 heterocycles. The van der Waals surface area contributed by atoms with Gasteiger partial charge in [0.1, 0.15) is 0 Å². The maximum atomic E-state index is 9.14. The molecule has 0 unspecified atom stereocenters. The fourth-order valence-electron chi connectivity index (χ4n) is 2.78. The molecule has 0 spiro atoms. The van der Waals surface area contributed by atoms with E-state index in [2.05, 4.69) is 27.4 Å². The summed E-state index contributed by atoms with van der Waals surface area (Å²) in [7, 11) is 0. The molecule has 24 heavy (non-hydrogen) atoms. The second-order valence-electron chi connectivity index (χ2n) is 6.71. The van der Waals surface area contributed by atoms with E-state index in [1.165, 1.54) is 57.8 Å². The molecule has 0 aliphatic carbocycles. The van der Waals surface area contributed by atoms with Gasteiger partial charge in [-0.25, -0.2) is 0 Å². The van der Waals surface area contributed by atoms with Crippen LogP contribution in [0.2, 0.25) is 13.3 Å². The van der Waals surface area contributed by atoms with Gasteiger partial charge in [0.2, 0.25) is 0 Å². The first-order valence-electron chi connectivity index (χ1n) is 10.3. The zero-order valence-corrected chi connectivity index (χ0v) is 19.6. The van der Waals surface area contributed by atoms with E-state index in [4.69, 9.17) is 9.90 Å². The van der Waals surface area contributed by atoms with Crippen molar-refractivity contribution in [3.63, 3.8) is 0 Å². The van der Waals surface area contributed by atoms with Crippen molar-refractivity contribution in [2.75, 3.05) is 0 Å². The average Bonchev–Trinajstić information content (AvgIpc) is 2.59. The molecule has 0 aliphatic heterocycles. The minimum absolute atomic E-state index is 0.722. The Morgan fingerprint density at radius 2 is 1.04 bits per heavy atom. The molecule has 0 aliphatic rings. The van der Waals surface area contributed by atoms with Crippen LogP contribution in [0.4, 0.5) is 0 Å². The number of unbranched alkanes of at least 4 members (excludes halogenated alkanes) is 9. The number of rotatable bonds is 16. The molecule has 0 aromatic rings. The summed E-state index contributed by atoms with van der Waals surface area (Å²) < 4.78 is 5.13. The molecule has 0 aromatic carbocycles. The molecule has 0 N–H and O–H groups in total. The zero-order valence-electron chi connectivity index (χ0n) is 16.7. The quantitative estimate of drug-likeness (QED) is 0.163. The van der Waals surface area contributed by atoms with Gasteiger partial charge < -0.3 is 9.90 Å². The molecule has 0 saturated carbocycles. The molecular weight excluding hydrogens is 403 g/mol. The Labute approximate surface area is 159 Å². The van der Waals surface area contributed by atoms with Crippen LogP contribution < -0.4 is 5.11 Å². The average molecular weight is 445 g/mol. The third kappa shape index (κ3) is 24.3. The van der Waals surface area contributed by atoms with E-state index in [0.29, 0.717) is 0 Å². The molecule has 0 rings (SSSR count). The van der Waals surface area contributed by atoms with Gasteiger partial charge in [-0.1, -0.05) is 6.58 Å². The van der Waals surface area contributed by atoms with E-state index in [9.17, 15) is 0 Å². The molecule has 2 nitrogen and oxygen atoms in total. The van der Waals surface area contributed by atoms with Crippen molar-refractivity contribution >= 4 is 25.7 Å². The molecule has 0 atom stereocenters. The number of hydrogen-bond donors (Lipinski definition) is 0. The predicted octanol–water partition coefficient (Wildman–Crippen LogP) is 6.14. The molecule has 0 fully saturated rings. The summed E-state index contributed by atoms with van der Waals surface area (Å²) in [5, 5.41) is 9.14. The standard InChI is InChI=1S/3C6H13.C3H4O2.Sn/c3*1-3-5-6-4-2;1-2-3(4)5;/h3*1,3-6H2,2H3;2H,1H2,(H,4,5);/q;;;;+1/p-1. The van der Waals surface area contributed by atoms with Crippen LogP contribution in [0.5, 0.6) is 0 Å². The monoisotopic (exact) mass is 446 g/mol. The summed E-state index contributed by atoms with van der Waals surface area (Å²) in [5.41, 5.74) is 0. The van der Waals surface area contributed by atoms with Gasteiger partial charge in [0.15, 0.2) is 0 Å². The van der Waals surface area contributed by atoms with Crippen molar-refractivity contribution in [2.24, 2.45) is 0 Å². The van der Waals surface area contributed by atoms with Crippen LogP contribution >= 0.6 is 0 Å². The first-order valence-corrected chi connectivity index (χ1v) is 16.3. The predicted molar refractivity (Wildman–Crippen MR) is 108 cm³/mol. The van der Waals surface area contributed by atoms with Gasteiger partial charge in [-0.15, -0.1) is 0 Å². The van der Waals surface area contributed by atoms with Crippen LogP contribution in [-0.4, -0.2) is 25.7 Å². The summed E-state index contributed by atoms with van der Waals surface area (Å²) in [6, 6.07) is 0. The fourth-order valence-corrected chi connectivity index (χ4v) is 11.3. The summed E-state index contributed by atoms with van der Waals surface area (Å²) in [4.78, 5) is 9.14. The number of aliphatic carboxylic acids is 1. The molecule has 3 heteroatoms. The second-order valence-corrected chi connectivity index (χ2v) is 15.3. The Morgan fingerprint density at radius 1 is 0.750 bits per heavy atom. The maximum absolute atomic E-state index is 9.14. The molecule has 0 aromatic heterocycles. The summed E-state index contributed by atoms with van der Waals surface area (Å²) in [6.45, 7) is 9.88. The Bertz CT molecular complexity index is 238. The van der Waals surface area contributed by atoms with Crippen LogP contribution in [0.25, 0.3) is 0 Å². The molecule has 0 bridgehead atoms. The van der Waals surface area contributed by atoms with E-state index in [1.807, 2.05) is 0 Å². The van der Waals surface area contributed by atoms with E-state index in [1.54, 1.807) is 32.6 Å². The van der Waals surface area contributed by atoms with Crippen molar-refractivity contribution in [1.29, 1.82) is 0 Å². The van der Waals surface area contributed by atoms with Crippen molar-refractivity contribution in [3.05, 3.63) is 12.7 Å². The van der Waals surface area contributed by atoms with Crippen LogP contribution in [0, 0.1) is 0 Å². The first kappa shape index (κ1) is 26.2. The molecule has 0 radical (unpaired) electrons. The number of carboxylic acids is 1. The van der Waals surface area contributed by atoms with E-state index in [-0.39, 0.29) is 0 Å². The van der Waals surface area contributed by atoms with Gasteiger partial charge in [0, 0.05) is 0 Å². The molecule has 0 amide bonds. The van der Waals surface area contributed by atoms with Crippen LogP contribution in [0.1, 0.15) is 97.8 Å². The van der Waals surface area contributed by atoms with Gasteiger partial charge in [0.05, 0.1) is 5.97 Å². The van der Waals surface area contributed by atoms with E-state index in [0.717, 1.165) is 6.08 Å². The van der Waals surface area contributed by atoms with E-state index >= 15 is 0 Å². The second kappa shape index (κ2) is 23.0. The Balaban J connectivity index is 0. The minimum atomic E-state index is -1.23. The van der Waals surface area contributed by atoms with Gasteiger partial charge in [-0.3, -0.25) is 0 Å². The van der Waals surface area contributed by atoms with Crippen molar-refractivity contribution in [1.82, 2.24) is 0 Å². The Hall–Kier alpha value is 0.00870.